The highest BCUT2D eigenvalue weighted by molar-refractivity contribution is 7.48. The summed E-state index contributed by atoms with van der Waals surface area (Å²) in [6.07, 6.45) is 3.97. The minimum atomic E-state index is -4.36. The van der Waals surface area contributed by atoms with Crippen molar-refractivity contribution in [2.75, 3.05) is 41.4 Å². The van der Waals surface area contributed by atoms with Crippen LogP contribution in [0.25, 0.3) is 0 Å². The Bertz CT molecular complexity index is 1150. The highest BCUT2D eigenvalue weighted by Crippen LogP contribution is 2.55. The minimum absolute atomic E-state index is 0.0739. The van der Waals surface area contributed by atoms with Crippen LogP contribution in [-0.4, -0.2) is 64.3 Å². The van der Waals surface area contributed by atoms with Gasteiger partial charge >= 0.3 is 19.8 Å². The molecule has 1 heterocycles. The van der Waals surface area contributed by atoms with Crippen LogP contribution in [0.4, 0.5) is 0 Å². The molecule has 0 unspecified atom stereocenters. The van der Waals surface area contributed by atoms with E-state index >= 15 is 0 Å². The summed E-state index contributed by atoms with van der Waals surface area (Å²) in [6.45, 7) is 9.63. The molecule has 0 N–H and O–H groups in total. The van der Waals surface area contributed by atoms with Crippen molar-refractivity contribution in [3.63, 3.8) is 0 Å². The lowest BCUT2D eigenvalue weighted by molar-refractivity contribution is -0.163. The molecule has 0 radical (unpaired) electrons. The predicted molar refractivity (Wildman–Crippen MR) is 151 cm³/mol. The second kappa shape index (κ2) is 12.7. The Labute approximate surface area is 243 Å². The summed E-state index contributed by atoms with van der Waals surface area (Å²) in [5.74, 6) is 0.618. The SMILES string of the molecule is COc1ccc([C@@]23CCC(OP(=O)(OCOC(=O)C(C)(C)C)OCOC(=O)C(C)(C)C)=C[C@@H]2N(C)CC3)cc1OC. The first kappa shape index (κ1) is 32.9. The number of nitrogens with zero attached hydrogens (tertiary/aromatic N) is 1. The Morgan fingerprint density at radius 3 is 2.00 bits per heavy atom. The van der Waals surface area contributed by atoms with E-state index in [0.29, 0.717) is 30.1 Å². The van der Waals surface area contributed by atoms with E-state index in [1.165, 1.54) is 0 Å². The molecule has 11 nitrogen and oxygen atoms in total. The molecule has 1 fully saturated rings. The number of esters is 2. The lowest BCUT2D eigenvalue weighted by atomic mass is 9.68. The molecule has 1 aromatic carbocycles. The van der Waals surface area contributed by atoms with Gasteiger partial charge in [-0.3, -0.25) is 14.5 Å². The predicted octanol–water partition coefficient (Wildman–Crippen LogP) is 5.57. The minimum Gasteiger partial charge on any atom is -0.493 e. The van der Waals surface area contributed by atoms with Gasteiger partial charge in [-0.25, -0.2) is 13.6 Å². The second-order valence-electron chi connectivity index (χ2n) is 12.4. The molecule has 41 heavy (non-hydrogen) atoms. The first-order valence-corrected chi connectivity index (χ1v) is 15.1. The monoisotopic (exact) mass is 597 g/mol. The van der Waals surface area contributed by atoms with E-state index in [1.807, 2.05) is 25.3 Å². The third kappa shape index (κ3) is 7.83. The fourth-order valence-electron chi connectivity index (χ4n) is 4.89. The zero-order valence-electron chi connectivity index (χ0n) is 25.6. The van der Waals surface area contributed by atoms with Gasteiger partial charge in [0.05, 0.1) is 25.0 Å². The van der Waals surface area contributed by atoms with Crippen LogP contribution in [-0.2, 0) is 42.6 Å². The van der Waals surface area contributed by atoms with Crippen molar-refractivity contribution in [1.29, 1.82) is 0 Å². The van der Waals surface area contributed by atoms with Crippen molar-refractivity contribution in [3.05, 3.63) is 35.6 Å². The van der Waals surface area contributed by atoms with E-state index < -0.39 is 44.2 Å². The van der Waals surface area contributed by atoms with Crippen molar-refractivity contribution in [3.8, 4) is 11.5 Å². The molecular weight excluding hydrogens is 553 g/mol. The van der Waals surface area contributed by atoms with Crippen LogP contribution >= 0.6 is 7.82 Å². The van der Waals surface area contributed by atoms with Gasteiger partial charge in [0.1, 0.15) is 5.76 Å². The lowest BCUT2D eigenvalue weighted by Crippen LogP contribution is -2.42. The van der Waals surface area contributed by atoms with Crippen molar-refractivity contribution in [2.24, 2.45) is 10.8 Å². The molecule has 0 bridgehead atoms. The van der Waals surface area contributed by atoms with E-state index in [0.717, 1.165) is 18.5 Å². The Morgan fingerprint density at radius 1 is 0.927 bits per heavy atom. The highest BCUT2D eigenvalue weighted by Gasteiger charge is 2.49. The quantitative estimate of drug-likeness (QED) is 0.181. The number of methoxy groups -OCH3 is 2. The normalized spacial score (nSPS) is 21.5. The maximum absolute atomic E-state index is 13.7. The molecule has 1 aromatic rings. The molecule has 0 aromatic heterocycles. The smallest absolute Gasteiger partial charge is 0.493 e. The number of phosphoric ester groups is 1. The topological polar surface area (TPSA) is 119 Å². The largest absolute Gasteiger partial charge is 0.535 e. The van der Waals surface area contributed by atoms with E-state index in [-0.39, 0.29) is 11.5 Å². The summed E-state index contributed by atoms with van der Waals surface area (Å²) in [7, 11) is 0.882. The Morgan fingerprint density at radius 2 is 1.49 bits per heavy atom. The number of phosphoric acid groups is 1. The summed E-state index contributed by atoms with van der Waals surface area (Å²) in [5.41, 5.74) is -0.691. The van der Waals surface area contributed by atoms with E-state index in [9.17, 15) is 14.2 Å². The second-order valence-corrected chi connectivity index (χ2v) is 14.0. The van der Waals surface area contributed by atoms with Gasteiger partial charge in [0, 0.05) is 17.9 Å². The molecular formula is C29H44NO10P. The van der Waals surface area contributed by atoms with Crippen LogP contribution in [0, 0.1) is 10.8 Å². The summed E-state index contributed by atoms with van der Waals surface area (Å²) in [4.78, 5) is 26.6. The van der Waals surface area contributed by atoms with Gasteiger partial charge < -0.3 is 23.5 Å². The molecule has 1 aliphatic carbocycles. The number of fused-ring (bicyclic) bond motifs is 1. The molecule has 0 saturated carbocycles. The molecule has 2 atom stereocenters. The van der Waals surface area contributed by atoms with Gasteiger partial charge in [-0.15, -0.1) is 0 Å². The average molecular weight is 598 g/mol. The summed E-state index contributed by atoms with van der Waals surface area (Å²) in [5, 5.41) is 0. The van der Waals surface area contributed by atoms with Crippen LogP contribution in [0.2, 0.25) is 0 Å². The number of ether oxygens (including phenoxy) is 4. The third-order valence-corrected chi connectivity index (χ3v) is 8.63. The number of carbonyl (C=O) groups is 2. The summed E-state index contributed by atoms with van der Waals surface area (Å²) < 4.78 is 51.5. The number of rotatable bonds is 11. The van der Waals surface area contributed by atoms with E-state index in [4.69, 9.17) is 32.5 Å². The van der Waals surface area contributed by atoms with Crippen molar-refractivity contribution in [1.82, 2.24) is 4.90 Å². The number of likely N-dealkylation sites (tertiary alicyclic amines) is 1. The van der Waals surface area contributed by atoms with Gasteiger partial charge in [-0.05, 0) is 91.7 Å². The fourth-order valence-corrected chi connectivity index (χ4v) is 5.87. The third-order valence-electron chi connectivity index (χ3n) is 7.33. The molecule has 3 rings (SSSR count). The number of benzene rings is 1. The zero-order valence-corrected chi connectivity index (χ0v) is 26.5. The maximum atomic E-state index is 13.7. The van der Waals surface area contributed by atoms with E-state index in [2.05, 4.69) is 11.0 Å². The zero-order chi connectivity index (χ0) is 30.6. The van der Waals surface area contributed by atoms with Gasteiger partial charge in [0.25, 0.3) is 0 Å². The number of carbonyl (C=O) groups excluding carboxylic acids is 2. The van der Waals surface area contributed by atoms with Gasteiger partial charge in [0.2, 0.25) is 13.6 Å². The van der Waals surface area contributed by atoms with Crippen LogP contribution < -0.4 is 9.47 Å². The van der Waals surface area contributed by atoms with Gasteiger partial charge in [0.15, 0.2) is 11.5 Å². The molecule has 1 saturated heterocycles. The molecule has 230 valence electrons. The summed E-state index contributed by atoms with van der Waals surface area (Å²) in [6, 6.07) is 5.89. The van der Waals surface area contributed by atoms with Gasteiger partial charge in [-0.1, -0.05) is 6.07 Å². The number of likely N-dealkylation sites (N-methyl/N-ethyl adjacent to an activating group) is 1. The standard InChI is InChI=1S/C29H44NO10P/c1-27(2,3)25(31)36-18-38-41(33,39-19-37-26(32)28(4,5)6)40-21-12-13-29(14-15-30(7)24(29)17-21)20-10-11-22(34-8)23(16-20)35-9/h10-11,16-17,24H,12-15,18-19H2,1-9H3/t24-,29-/m0/s1. The van der Waals surface area contributed by atoms with Gasteiger partial charge in [-0.2, -0.15) is 0 Å². The molecule has 0 spiro atoms. The summed E-state index contributed by atoms with van der Waals surface area (Å²) >= 11 is 0. The Hall–Kier alpha value is -2.59. The number of hydrogen-bond donors (Lipinski definition) is 0. The molecule has 0 amide bonds. The first-order valence-electron chi connectivity index (χ1n) is 13.6. The van der Waals surface area contributed by atoms with E-state index in [1.54, 1.807) is 55.8 Å². The maximum Gasteiger partial charge on any atom is 0.535 e. The van der Waals surface area contributed by atoms with Crippen LogP contribution in [0.5, 0.6) is 11.5 Å². The highest BCUT2D eigenvalue weighted by atomic mass is 31.2. The number of allylic oxidation sites excluding steroid dienone is 1. The molecule has 2 aliphatic rings. The van der Waals surface area contributed by atoms with Crippen LogP contribution in [0.3, 0.4) is 0 Å². The fraction of sp³-hybridized carbons (Fsp3) is 0.655. The number of hydrogen-bond acceptors (Lipinski definition) is 11. The van der Waals surface area contributed by atoms with Crippen molar-refractivity contribution < 1.29 is 46.7 Å². The van der Waals surface area contributed by atoms with Crippen molar-refractivity contribution in [2.45, 2.75) is 72.3 Å². The molecule has 12 heteroatoms. The Kier molecular flexibility index (Phi) is 10.2. The van der Waals surface area contributed by atoms with Crippen LogP contribution in [0.15, 0.2) is 30.0 Å². The average Bonchev–Trinajstić information content (AvgIpc) is 3.23. The first-order chi connectivity index (χ1) is 19.0. The van der Waals surface area contributed by atoms with Crippen LogP contribution in [0.1, 0.15) is 66.4 Å². The Balaban J connectivity index is 1.83. The van der Waals surface area contributed by atoms with Crippen molar-refractivity contribution >= 4 is 19.8 Å². The molecule has 1 aliphatic heterocycles. The lowest BCUT2D eigenvalue weighted by Gasteiger charge is -2.40.